The van der Waals surface area contributed by atoms with Gasteiger partial charge < -0.3 is 10.0 Å². The van der Waals surface area contributed by atoms with Crippen LogP contribution in [0.4, 0.5) is 30.4 Å². The van der Waals surface area contributed by atoms with Crippen molar-refractivity contribution in [2.24, 2.45) is 7.05 Å². The molecule has 1 fully saturated rings. The summed E-state index contributed by atoms with van der Waals surface area (Å²) in [7, 11) is -0.0675. The highest BCUT2D eigenvalue weighted by Crippen LogP contribution is 2.45. The molecule has 0 amide bonds. The molecule has 0 spiro atoms. The van der Waals surface area contributed by atoms with Crippen LogP contribution in [0.2, 0.25) is 0 Å². The molecule has 1 heterocycles. The lowest BCUT2D eigenvalue weighted by Crippen LogP contribution is -2.24. The molecule has 10 heteroatoms. The summed E-state index contributed by atoms with van der Waals surface area (Å²) in [5.74, 6) is -1.84. The van der Waals surface area contributed by atoms with Gasteiger partial charge in [-0.2, -0.15) is 0 Å². The van der Waals surface area contributed by atoms with E-state index in [4.69, 9.17) is 0 Å². The summed E-state index contributed by atoms with van der Waals surface area (Å²) < 4.78 is 59.4. The van der Waals surface area contributed by atoms with Crippen LogP contribution in [-0.2, 0) is 18.0 Å². The number of hydrogen-bond donors (Lipinski definition) is 2. The molecule has 1 aromatic heterocycles. The number of halogens is 4. The maximum Gasteiger partial charge on any atom is 0.254 e. The molecule has 32 heavy (non-hydrogen) atoms. The lowest BCUT2D eigenvalue weighted by molar-refractivity contribution is 0.579. The molecule has 1 saturated carbocycles. The van der Waals surface area contributed by atoms with Crippen molar-refractivity contribution in [3.8, 4) is 0 Å². The molecular weight excluding hydrogens is 554 g/mol. The monoisotopic (exact) mass is 573 g/mol. The van der Waals surface area contributed by atoms with E-state index < -0.39 is 28.4 Å². The standard InChI is InChI=1S/C22H19F3IN3O2S/c1-11-5-19(21(29(2)22(11)30)27-18-4-3-15(26)9-17(18)25)28-32(31)20-10-16(20)12-6-13(23)8-14(24)7-12/h3-9,16,20,27-28H,10H2,1-2H3. The average Bonchev–Trinajstić information content (AvgIpc) is 3.51. The van der Waals surface area contributed by atoms with Gasteiger partial charge in [-0.1, -0.05) is 0 Å². The van der Waals surface area contributed by atoms with E-state index in [-0.39, 0.29) is 28.2 Å². The summed E-state index contributed by atoms with van der Waals surface area (Å²) in [5, 5.41) is 2.57. The van der Waals surface area contributed by atoms with Crippen molar-refractivity contribution in [2.75, 3.05) is 10.0 Å². The Kier molecular flexibility index (Phi) is 6.35. The summed E-state index contributed by atoms with van der Waals surface area (Å²) >= 11 is 1.99. The maximum absolute atomic E-state index is 14.4. The predicted molar refractivity (Wildman–Crippen MR) is 128 cm³/mol. The van der Waals surface area contributed by atoms with Crippen LogP contribution in [0.1, 0.15) is 23.5 Å². The van der Waals surface area contributed by atoms with Crippen LogP contribution in [0, 0.1) is 27.9 Å². The number of pyridine rings is 1. The van der Waals surface area contributed by atoms with Gasteiger partial charge in [-0.3, -0.25) is 9.36 Å². The highest BCUT2D eigenvalue weighted by atomic mass is 127. The smallest absolute Gasteiger partial charge is 0.254 e. The maximum atomic E-state index is 14.4. The first-order valence-corrected chi connectivity index (χ1v) is 12.0. The van der Waals surface area contributed by atoms with Crippen LogP contribution in [0.15, 0.2) is 47.3 Å². The minimum atomic E-state index is -1.60. The predicted octanol–water partition coefficient (Wildman–Crippen LogP) is 5.09. The summed E-state index contributed by atoms with van der Waals surface area (Å²) in [4.78, 5) is 12.5. The number of hydrogen-bond acceptors (Lipinski definition) is 3. The van der Waals surface area contributed by atoms with Gasteiger partial charge in [-0.05, 0) is 77.9 Å². The molecule has 168 valence electrons. The Bertz CT molecular complexity index is 1280. The zero-order valence-electron chi connectivity index (χ0n) is 17.1. The van der Waals surface area contributed by atoms with Gasteiger partial charge in [0.2, 0.25) is 0 Å². The number of benzene rings is 2. The number of nitrogens with one attached hydrogen (secondary N) is 2. The third-order valence-corrected chi connectivity index (χ3v) is 7.47. The van der Waals surface area contributed by atoms with Crippen LogP contribution >= 0.6 is 22.6 Å². The normalized spacial score (nSPS) is 18.3. The summed E-state index contributed by atoms with van der Waals surface area (Å²) in [6.45, 7) is 1.63. The third-order valence-electron chi connectivity index (χ3n) is 5.31. The molecule has 3 atom stereocenters. The Morgan fingerprint density at radius 2 is 1.75 bits per heavy atom. The summed E-state index contributed by atoms with van der Waals surface area (Å²) in [5.41, 5.74) is 1.11. The second-order valence-electron chi connectivity index (χ2n) is 7.69. The van der Waals surface area contributed by atoms with Gasteiger partial charge in [0.15, 0.2) is 0 Å². The van der Waals surface area contributed by atoms with E-state index in [9.17, 15) is 22.2 Å². The Labute approximate surface area is 198 Å². The molecular formula is C22H19F3IN3O2S. The number of rotatable bonds is 6. The number of aryl methyl sites for hydroxylation is 1. The highest BCUT2D eigenvalue weighted by molar-refractivity contribution is 14.1. The average molecular weight is 573 g/mol. The van der Waals surface area contributed by atoms with Crippen LogP contribution < -0.4 is 15.6 Å². The largest absolute Gasteiger partial charge is 0.337 e. The van der Waals surface area contributed by atoms with Crippen molar-refractivity contribution in [1.82, 2.24) is 4.57 Å². The minimum Gasteiger partial charge on any atom is -0.337 e. The van der Waals surface area contributed by atoms with Gasteiger partial charge in [0.25, 0.3) is 5.56 Å². The van der Waals surface area contributed by atoms with Gasteiger partial charge in [0.1, 0.15) is 34.3 Å². The topological polar surface area (TPSA) is 63.1 Å². The highest BCUT2D eigenvalue weighted by Gasteiger charge is 2.44. The molecule has 0 aliphatic heterocycles. The van der Waals surface area contributed by atoms with Gasteiger partial charge in [-0.25, -0.2) is 17.4 Å². The van der Waals surface area contributed by atoms with Crippen LogP contribution in [-0.4, -0.2) is 14.0 Å². The van der Waals surface area contributed by atoms with E-state index in [1.165, 1.54) is 29.8 Å². The van der Waals surface area contributed by atoms with Crippen LogP contribution in [0.25, 0.3) is 0 Å². The Hall–Kier alpha value is -2.34. The van der Waals surface area contributed by atoms with E-state index in [0.29, 0.717) is 23.2 Å². The fourth-order valence-corrected chi connectivity index (χ4v) is 5.39. The van der Waals surface area contributed by atoms with E-state index >= 15 is 0 Å². The zero-order chi connectivity index (χ0) is 23.2. The van der Waals surface area contributed by atoms with Crippen LogP contribution in [0.5, 0.6) is 0 Å². The van der Waals surface area contributed by atoms with Gasteiger partial charge in [0, 0.05) is 28.2 Å². The Morgan fingerprint density at radius 1 is 1.06 bits per heavy atom. The molecule has 0 saturated heterocycles. The molecule has 3 unspecified atom stereocenters. The Morgan fingerprint density at radius 3 is 2.41 bits per heavy atom. The van der Waals surface area contributed by atoms with Crippen molar-refractivity contribution < 1.29 is 17.4 Å². The molecule has 2 aromatic carbocycles. The number of anilines is 3. The first-order valence-electron chi connectivity index (χ1n) is 9.70. The molecule has 2 N–H and O–H groups in total. The molecule has 1 aliphatic carbocycles. The first-order chi connectivity index (χ1) is 15.1. The fraction of sp³-hybridized carbons (Fsp3) is 0.227. The van der Waals surface area contributed by atoms with Crippen molar-refractivity contribution in [3.05, 3.63) is 85.0 Å². The summed E-state index contributed by atoms with van der Waals surface area (Å²) in [6, 6.07) is 9.46. The molecule has 3 aromatic rings. The van der Waals surface area contributed by atoms with E-state index in [2.05, 4.69) is 10.0 Å². The quantitative estimate of drug-likeness (QED) is 0.404. The lowest BCUT2D eigenvalue weighted by Gasteiger charge is -2.18. The van der Waals surface area contributed by atoms with Gasteiger partial charge in [0.05, 0.1) is 16.6 Å². The molecule has 0 bridgehead atoms. The van der Waals surface area contributed by atoms with E-state index in [1.54, 1.807) is 25.1 Å². The molecule has 1 aliphatic rings. The van der Waals surface area contributed by atoms with Crippen molar-refractivity contribution in [1.29, 1.82) is 0 Å². The summed E-state index contributed by atoms with van der Waals surface area (Å²) in [6.07, 6.45) is 0.502. The van der Waals surface area contributed by atoms with Gasteiger partial charge in [-0.15, -0.1) is 0 Å². The second-order valence-corrected chi connectivity index (χ2v) is 10.3. The number of nitrogens with zero attached hydrogens (tertiary/aromatic N) is 1. The second kappa shape index (κ2) is 8.89. The first kappa shape index (κ1) is 22.8. The van der Waals surface area contributed by atoms with Crippen molar-refractivity contribution >= 4 is 50.8 Å². The third kappa shape index (κ3) is 4.70. The van der Waals surface area contributed by atoms with Crippen LogP contribution in [0.3, 0.4) is 0 Å². The van der Waals surface area contributed by atoms with Crippen molar-refractivity contribution in [3.63, 3.8) is 0 Å². The van der Waals surface area contributed by atoms with E-state index in [0.717, 1.165) is 9.64 Å². The fourth-order valence-electron chi connectivity index (χ4n) is 3.57. The molecule has 0 radical (unpaired) electrons. The van der Waals surface area contributed by atoms with E-state index in [1.807, 2.05) is 22.6 Å². The molecule has 4 rings (SSSR count). The minimum absolute atomic E-state index is 0.164. The number of aromatic nitrogens is 1. The Balaban J connectivity index is 1.61. The lowest BCUT2D eigenvalue weighted by atomic mass is 10.1. The van der Waals surface area contributed by atoms with Crippen molar-refractivity contribution in [2.45, 2.75) is 24.5 Å². The molecule has 5 nitrogen and oxygen atoms in total. The SMILES string of the molecule is Cc1cc(NS(=O)C2CC2c2cc(F)cc(F)c2)c(Nc2ccc(I)cc2F)n(C)c1=O. The zero-order valence-corrected chi connectivity index (χ0v) is 20.1. The van der Waals surface area contributed by atoms with Gasteiger partial charge >= 0.3 is 0 Å².